The standard InChI is InChI=1S/C29H26N2O7S/c1-17-10-12-18(13-11-17)39(34,35)31-21-9-7-6-8-19(21)20-16-30-25(28(33)36-5)24(26(20)31)22-14-15-23(37-22)27(32)38-29(2,3)4/h6-16H,1-5H3. The van der Waals surface area contributed by atoms with Crippen molar-refractivity contribution in [3.63, 3.8) is 0 Å². The maximum Gasteiger partial charge on any atom is 0.374 e. The van der Waals surface area contributed by atoms with E-state index in [2.05, 4.69) is 4.98 Å². The van der Waals surface area contributed by atoms with Crippen LogP contribution in [0.25, 0.3) is 33.1 Å². The van der Waals surface area contributed by atoms with Gasteiger partial charge in [-0.2, -0.15) is 0 Å². The number of carbonyl (C=O) groups is 2. The van der Waals surface area contributed by atoms with Crippen molar-refractivity contribution in [2.24, 2.45) is 0 Å². The summed E-state index contributed by atoms with van der Waals surface area (Å²) in [7, 11) is -2.98. The van der Waals surface area contributed by atoms with E-state index in [4.69, 9.17) is 13.9 Å². The highest BCUT2D eigenvalue weighted by molar-refractivity contribution is 7.90. The fraction of sp³-hybridized carbons (Fsp3) is 0.207. The Kier molecular flexibility index (Phi) is 6.30. The second-order valence-electron chi connectivity index (χ2n) is 10.0. The minimum Gasteiger partial charge on any atom is -0.464 e. The first kappa shape index (κ1) is 26.2. The number of rotatable bonds is 5. The molecule has 0 saturated carbocycles. The highest BCUT2D eigenvalue weighted by Crippen LogP contribution is 2.40. The fourth-order valence-electron chi connectivity index (χ4n) is 4.37. The number of carbonyl (C=O) groups excluding carboxylic acids is 2. The highest BCUT2D eigenvalue weighted by Gasteiger charge is 2.31. The van der Waals surface area contributed by atoms with Crippen LogP contribution in [-0.4, -0.2) is 42.0 Å². The summed E-state index contributed by atoms with van der Waals surface area (Å²) in [5, 5.41) is 1.08. The van der Waals surface area contributed by atoms with Crippen LogP contribution in [0.5, 0.6) is 0 Å². The Hall–Kier alpha value is -4.44. The molecule has 9 nitrogen and oxygen atoms in total. The van der Waals surface area contributed by atoms with Gasteiger partial charge in [-0.3, -0.25) is 0 Å². The molecule has 0 unspecified atom stereocenters. The van der Waals surface area contributed by atoms with Crippen molar-refractivity contribution in [2.75, 3.05) is 7.11 Å². The quantitative estimate of drug-likeness (QED) is 0.256. The molecule has 0 aliphatic carbocycles. The first-order valence-corrected chi connectivity index (χ1v) is 13.5. The van der Waals surface area contributed by atoms with E-state index >= 15 is 0 Å². The predicted octanol–water partition coefficient (Wildman–Crippen LogP) is 5.74. The molecule has 39 heavy (non-hydrogen) atoms. The lowest BCUT2D eigenvalue weighted by Gasteiger charge is -2.18. The van der Waals surface area contributed by atoms with Gasteiger partial charge in [-0.05, 0) is 58.0 Å². The molecule has 0 aliphatic rings. The number of fused-ring (bicyclic) bond motifs is 3. The second-order valence-corrected chi connectivity index (χ2v) is 11.8. The Morgan fingerprint density at radius 3 is 2.28 bits per heavy atom. The molecule has 0 saturated heterocycles. The van der Waals surface area contributed by atoms with E-state index in [0.717, 1.165) is 5.56 Å². The number of pyridine rings is 1. The van der Waals surface area contributed by atoms with Crippen LogP contribution in [0, 0.1) is 6.92 Å². The van der Waals surface area contributed by atoms with Crippen molar-refractivity contribution in [1.82, 2.24) is 8.96 Å². The van der Waals surface area contributed by atoms with Gasteiger partial charge in [-0.15, -0.1) is 0 Å². The van der Waals surface area contributed by atoms with Gasteiger partial charge in [0.25, 0.3) is 10.0 Å². The van der Waals surface area contributed by atoms with Crippen LogP contribution in [-0.2, 0) is 19.5 Å². The summed E-state index contributed by atoms with van der Waals surface area (Å²) in [5.74, 6) is -1.57. The first-order valence-electron chi connectivity index (χ1n) is 12.1. The Morgan fingerprint density at radius 1 is 0.923 bits per heavy atom. The zero-order chi connectivity index (χ0) is 28.1. The van der Waals surface area contributed by atoms with Gasteiger partial charge in [0, 0.05) is 17.0 Å². The molecule has 0 aliphatic heterocycles. The van der Waals surface area contributed by atoms with Crippen molar-refractivity contribution in [3.05, 3.63) is 83.9 Å². The molecule has 200 valence electrons. The van der Waals surface area contributed by atoms with Crippen molar-refractivity contribution >= 4 is 43.8 Å². The number of methoxy groups -OCH3 is 1. The fourth-order valence-corrected chi connectivity index (χ4v) is 5.91. The van der Waals surface area contributed by atoms with Gasteiger partial charge in [0.05, 0.1) is 28.6 Å². The van der Waals surface area contributed by atoms with Crippen LogP contribution in [0.3, 0.4) is 0 Å². The lowest BCUT2D eigenvalue weighted by molar-refractivity contribution is 0.00367. The topological polar surface area (TPSA) is 118 Å². The SMILES string of the molecule is COC(=O)c1ncc2c3ccccc3n(S(=O)(=O)c3ccc(C)cc3)c2c1-c1ccc(C(=O)OC(C)(C)C)o1. The summed E-state index contributed by atoms with van der Waals surface area (Å²) in [6.07, 6.45) is 1.44. The molecule has 0 spiro atoms. The van der Waals surface area contributed by atoms with E-state index < -0.39 is 27.6 Å². The van der Waals surface area contributed by atoms with Gasteiger partial charge in [0.15, 0.2) is 5.69 Å². The summed E-state index contributed by atoms with van der Waals surface area (Å²) in [4.78, 5) is 30.0. The van der Waals surface area contributed by atoms with Crippen LogP contribution >= 0.6 is 0 Å². The van der Waals surface area contributed by atoms with Crippen LogP contribution in [0.15, 0.2) is 76.2 Å². The molecule has 0 N–H and O–H groups in total. The van der Waals surface area contributed by atoms with Gasteiger partial charge >= 0.3 is 11.9 Å². The number of ether oxygens (including phenoxy) is 2. The smallest absolute Gasteiger partial charge is 0.374 e. The van der Waals surface area contributed by atoms with Crippen molar-refractivity contribution in [1.29, 1.82) is 0 Å². The van der Waals surface area contributed by atoms with Crippen LogP contribution in [0.4, 0.5) is 0 Å². The first-order chi connectivity index (χ1) is 18.4. The summed E-state index contributed by atoms with van der Waals surface area (Å²) in [6, 6.07) is 16.3. The van der Waals surface area contributed by atoms with E-state index in [-0.39, 0.29) is 33.2 Å². The number of furan rings is 1. The Balaban J connectivity index is 1.88. The van der Waals surface area contributed by atoms with Crippen molar-refractivity contribution in [3.8, 4) is 11.3 Å². The molecule has 3 heterocycles. The molecule has 2 aromatic carbocycles. The average Bonchev–Trinajstić information content (AvgIpc) is 3.50. The number of aryl methyl sites for hydroxylation is 1. The minimum absolute atomic E-state index is 0.0533. The van der Waals surface area contributed by atoms with Crippen LogP contribution in [0.1, 0.15) is 47.4 Å². The maximum atomic E-state index is 14.2. The molecule has 0 radical (unpaired) electrons. The molecule has 0 amide bonds. The highest BCUT2D eigenvalue weighted by atomic mass is 32.2. The predicted molar refractivity (Wildman–Crippen MR) is 145 cm³/mol. The zero-order valence-electron chi connectivity index (χ0n) is 22.0. The third kappa shape index (κ3) is 4.57. The van der Waals surface area contributed by atoms with Gasteiger partial charge in [-0.1, -0.05) is 35.9 Å². The summed E-state index contributed by atoms with van der Waals surface area (Å²) in [6.45, 7) is 7.04. The molecule has 0 fully saturated rings. The lowest BCUT2D eigenvalue weighted by Crippen LogP contribution is -2.23. The monoisotopic (exact) mass is 546 g/mol. The van der Waals surface area contributed by atoms with Gasteiger partial charge in [-0.25, -0.2) is 27.0 Å². The molecular weight excluding hydrogens is 520 g/mol. The van der Waals surface area contributed by atoms with E-state index in [0.29, 0.717) is 16.3 Å². The van der Waals surface area contributed by atoms with Crippen LogP contribution < -0.4 is 0 Å². The number of benzene rings is 2. The molecule has 5 rings (SSSR count). The van der Waals surface area contributed by atoms with Crippen molar-refractivity contribution < 1.29 is 31.9 Å². The van der Waals surface area contributed by atoms with Crippen LogP contribution in [0.2, 0.25) is 0 Å². The van der Waals surface area contributed by atoms with Gasteiger partial charge in [0.1, 0.15) is 11.4 Å². The van der Waals surface area contributed by atoms with E-state index in [1.165, 1.54) is 41.5 Å². The minimum atomic E-state index is -4.18. The number of esters is 2. The number of hydrogen-bond acceptors (Lipinski definition) is 8. The van der Waals surface area contributed by atoms with E-state index in [9.17, 15) is 18.0 Å². The summed E-state index contributed by atoms with van der Waals surface area (Å²) < 4.78 is 45.8. The number of para-hydroxylation sites is 1. The molecule has 3 aromatic heterocycles. The largest absolute Gasteiger partial charge is 0.464 e. The third-order valence-corrected chi connectivity index (χ3v) is 7.79. The zero-order valence-corrected chi connectivity index (χ0v) is 22.8. The second kappa shape index (κ2) is 9.39. The normalized spacial score (nSPS) is 12.1. The van der Waals surface area contributed by atoms with Crippen molar-refractivity contribution in [2.45, 2.75) is 38.2 Å². The molecule has 10 heteroatoms. The molecule has 5 aromatic rings. The Bertz CT molecular complexity index is 1860. The van der Waals surface area contributed by atoms with Gasteiger partial charge < -0.3 is 13.9 Å². The number of nitrogens with zero attached hydrogens (tertiary/aromatic N) is 2. The lowest BCUT2D eigenvalue weighted by atomic mass is 10.1. The van der Waals surface area contributed by atoms with E-state index in [1.807, 2.05) is 6.92 Å². The van der Waals surface area contributed by atoms with Gasteiger partial charge in [0.2, 0.25) is 5.76 Å². The molecule has 0 bridgehead atoms. The summed E-state index contributed by atoms with van der Waals surface area (Å²) in [5.41, 5.74) is 0.588. The number of hydrogen-bond donors (Lipinski definition) is 0. The third-order valence-electron chi connectivity index (χ3n) is 6.06. The molecular formula is C29H26N2O7S. The maximum absolute atomic E-state index is 14.2. The Labute approximate surface area is 225 Å². The number of aromatic nitrogens is 2. The van der Waals surface area contributed by atoms with E-state index in [1.54, 1.807) is 57.2 Å². The average molecular weight is 547 g/mol. The Morgan fingerprint density at radius 2 is 1.62 bits per heavy atom. The summed E-state index contributed by atoms with van der Waals surface area (Å²) >= 11 is 0. The molecule has 0 atom stereocenters.